The minimum absolute atomic E-state index is 0.0213. The van der Waals surface area contributed by atoms with E-state index >= 15 is 0 Å². The molecule has 0 aromatic heterocycles. The Bertz CT molecular complexity index is 668. The SMILES string of the molecule is CCNC(=NCc1ccc(OCCO)c(OC)c1)NC1CCN(C2CCCC2)CC1. The van der Waals surface area contributed by atoms with Gasteiger partial charge in [0.25, 0.3) is 0 Å². The molecule has 1 aliphatic heterocycles. The van der Waals surface area contributed by atoms with Crippen LogP contribution in [0.1, 0.15) is 51.0 Å². The first-order valence-electron chi connectivity index (χ1n) is 11.4. The van der Waals surface area contributed by atoms with Gasteiger partial charge in [-0.3, -0.25) is 0 Å². The first-order chi connectivity index (χ1) is 14.7. The molecule has 0 unspecified atom stereocenters. The summed E-state index contributed by atoms with van der Waals surface area (Å²) in [5, 5.41) is 16.0. The van der Waals surface area contributed by atoms with Gasteiger partial charge >= 0.3 is 0 Å². The second kappa shape index (κ2) is 12.0. The van der Waals surface area contributed by atoms with Crippen LogP contribution in [0.25, 0.3) is 0 Å². The molecule has 0 radical (unpaired) electrons. The van der Waals surface area contributed by atoms with E-state index in [0.29, 0.717) is 24.1 Å². The van der Waals surface area contributed by atoms with Gasteiger partial charge in [-0.25, -0.2) is 4.99 Å². The predicted octanol–water partition coefficient (Wildman–Crippen LogP) is 2.53. The van der Waals surface area contributed by atoms with Crippen LogP contribution >= 0.6 is 0 Å². The highest BCUT2D eigenvalue weighted by Crippen LogP contribution is 2.28. The molecule has 1 heterocycles. The van der Waals surface area contributed by atoms with Crippen molar-refractivity contribution >= 4 is 5.96 Å². The zero-order valence-electron chi connectivity index (χ0n) is 18.5. The number of aliphatic hydroxyl groups excluding tert-OH is 1. The van der Waals surface area contributed by atoms with Gasteiger partial charge in [0.1, 0.15) is 6.61 Å². The number of aliphatic hydroxyl groups is 1. The maximum Gasteiger partial charge on any atom is 0.191 e. The third kappa shape index (κ3) is 6.51. The van der Waals surface area contributed by atoms with Gasteiger partial charge in [-0.2, -0.15) is 0 Å². The van der Waals surface area contributed by atoms with Gasteiger partial charge in [0.05, 0.1) is 20.3 Å². The van der Waals surface area contributed by atoms with E-state index in [-0.39, 0.29) is 13.2 Å². The molecule has 2 aliphatic rings. The topological polar surface area (TPSA) is 78.4 Å². The molecule has 0 atom stereocenters. The molecular weight excluding hydrogens is 380 g/mol. The largest absolute Gasteiger partial charge is 0.493 e. The van der Waals surface area contributed by atoms with E-state index in [9.17, 15) is 0 Å². The highest BCUT2D eigenvalue weighted by Gasteiger charge is 2.27. The van der Waals surface area contributed by atoms with E-state index in [1.54, 1.807) is 7.11 Å². The van der Waals surface area contributed by atoms with Crippen LogP contribution in [0.2, 0.25) is 0 Å². The number of rotatable bonds is 9. The number of methoxy groups -OCH3 is 1. The Labute approximate surface area is 180 Å². The maximum atomic E-state index is 8.95. The molecule has 0 spiro atoms. The number of benzene rings is 1. The molecule has 30 heavy (non-hydrogen) atoms. The third-order valence-electron chi connectivity index (χ3n) is 6.05. The lowest BCUT2D eigenvalue weighted by molar-refractivity contribution is 0.150. The number of aliphatic imine (C=N–C) groups is 1. The number of hydrogen-bond acceptors (Lipinski definition) is 5. The summed E-state index contributed by atoms with van der Waals surface area (Å²) < 4.78 is 10.9. The van der Waals surface area contributed by atoms with Gasteiger partial charge < -0.3 is 30.1 Å². The Hall–Kier alpha value is -1.99. The lowest BCUT2D eigenvalue weighted by atomic mass is 10.0. The first kappa shape index (κ1) is 22.7. The van der Waals surface area contributed by atoms with Crippen molar-refractivity contribution in [2.75, 3.05) is 40.0 Å². The summed E-state index contributed by atoms with van der Waals surface area (Å²) in [6, 6.07) is 7.11. The van der Waals surface area contributed by atoms with Crippen LogP contribution < -0.4 is 20.1 Å². The molecule has 1 saturated carbocycles. The number of nitrogens with zero attached hydrogens (tertiary/aromatic N) is 2. The number of guanidine groups is 1. The fourth-order valence-electron chi connectivity index (χ4n) is 4.45. The van der Waals surface area contributed by atoms with Crippen LogP contribution in [0.4, 0.5) is 0 Å². The van der Waals surface area contributed by atoms with Crippen LogP contribution in [-0.4, -0.2) is 68.0 Å². The molecule has 0 amide bonds. The van der Waals surface area contributed by atoms with E-state index in [2.05, 4.69) is 22.5 Å². The van der Waals surface area contributed by atoms with Crippen molar-refractivity contribution in [1.82, 2.24) is 15.5 Å². The molecule has 1 aromatic rings. The second-order valence-electron chi connectivity index (χ2n) is 8.15. The van der Waals surface area contributed by atoms with E-state index < -0.39 is 0 Å². The van der Waals surface area contributed by atoms with Gasteiger partial charge in [-0.15, -0.1) is 0 Å². The Morgan fingerprint density at radius 3 is 2.60 bits per heavy atom. The number of hydrogen-bond donors (Lipinski definition) is 3. The molecule has 3 rings (SSSR count). The van der Waals surface area contributed by atoms with Gasteiger partial charge in [-0.1, -0.05) is 18.9 Å². The fourth-order valence-corrected chi connectivity index (χ4v) is 4.45. The molecule has 1 aliphatic carbocycles. The van der Waals surface area contributed by atoms with E-state index in [4.69, 9.17) is 19.6 Å². The van der Waals surface area contributed by atoms with E-state index in [1.165, 1.54) is 51.6 Å². The average Bonchev–Trinajstić information content (AvgIpc) is 3.32. The predicted molar refractivity (Wildman–Crippen MR) is 120 cm³/mol. The Morgan fingerprint density at radius 1 is 1.17 bits per heavy atom. The summed E-state index contributed by atoms with van der Waals surface area (Å²) in [6.45, 7) is 6.10. The van der Waals surface area contributed by atoms with Crippen molar-refractivity contribution in [2.45, 2.75) is 64.1 Å². The lowest BCUT2D eigenvalue weighted by Crippen LogP contribution is -2.50. The summed E-state index contributed by atoms with van der Waals surface area (Å²) in [6.07, 6.45) is 7.92. The molecule has 1 aromatic carbocycles. The monoisotopic (exact) mass is 418 g/mol. The molecule has 0 bridgehead atoms. The third-order valence-corrected chi connectivity index (χ3v) is 6.05. The molecule has 1 saturated heterocycles. The van der Waals surface area contributed by atoms with Crippen molar-refractivity contribution in [3.8, 4) is 11.5 Å². The quantitative estimate of drug-likeness (QED) is 0.423. The second-order valence-corrected chi connectivity index (χ2v) is 8.15. The van der Waals surface area contributed by atoms with Crippen molar-refractivity contribution in [3.63, 3.8) is 0 Å². The molecular formula is C23H38N4O3. The van der Waals surface area contributed by atoms with Crippen molar-refractivity contribution < 1.29 is 14.6 Å². The number of likely N-dealkylation sites (tertiary alicyclic amines) is 1. The van der Waals surface area contributed by atoms with Crippen LogP contribution in [0.5, 0.6) is 11.5 Å². The van der Waals surface area contributed by atoms with Crippen molar-refractivity contribution in [2.24, 2.45) is 4.99 Å². The minimum Gasteiger partial charge on any atom is -0.493 e. The van der Waals surface area contributed by atoms with Crippen LogP contribution in [0, 0.1) is 0 Å². The van der Waals surface area contributed by atoms with E-state index in [1.807, 2.05) is 18.2 Å². The lowest BCUT2D eigenvalue weighted by Gasteiger charge is -2.36. The highest BCUT2D eigenvalue weighted by molar-refractivity contribution is 5.80. The summed E-state index contributed by atoms with van der Waals surface area (Å²) in [5.74, 6) is 2.17. The summed E-state index contributed by atoms with van der Waals surface area (Å²) in [7, 11) is 1.62. The molecule has 2 fully saturated rings. The summed E-state index contributed by atoms with van der Waals surface area (Å²) in [5.41, 5.74) is 1.05. The van der Waals surface area contributed by atoms with Crippen molar-refractivity contribution in [3.05, 3.63) is 23.8 Å². The number of piperidine rings is 1. The molecule has 3 N–H and O–H groups in total. The van der Waals surface area contributed by atoms with Gasteiger partial charge in [0.15, 0.2) is 17.5 Å². The zero-order chi connectivity index (χ0) is 21.2. The zero-order valence-corrected chi connectivity index (χ0v) is 18.5. The van der Waals surface area contributed by atoms with Gasteiger partial charge in [-0.05, 0) is 50.3 Å². The van der Waals surface area contributed by atoms with Crippen molar-refractivity contribution in [1.29, 1.82) is 0 Å². The minimum atomic E-state index is -0.0213. The summed E-state index contributed by atoms with van der Waals surface area (Å²) in [4.78, 5) is 7.48. The standard InChI is InChI=1S/C23H38N4O3/c1-3-24-23(26-19-10-12-27(13-11-19)20-6-4-5-7-20)25-17-18-8-9-21(30-15-14-28)22(16-18)29-2/h8-9,16,19-20,28H,3-7,10-15,17H2,1-2H3,(H2,24,25,26). The Morgan fingerprint density at radius 2 is 1.93 bits per heavy atom. The molecule has 7 heteroatoms. The molecule has 7 nitrogen and oxygen atoms in total. The summed E-state index contributed by atoms with van der Waals surface area (Å²) >= 11 is 0. The fraction of sp³-hybridized carbons (Fsp3) is 0.696. The van der Waals surface area contributed by atoms with Crippen LogP contribution in [0.15, 0.2) is 23.2 Å². The molecule has 168 valence electrons. The van der Waals surface area contributed by atoms with Gasteiger partial charge in [0, 0.05) is 31.7 Å². The number of ether oxygens (including phenoxy) is 2. The van der Waals surface area contributed by atoms with Crippen LogP contribution in [-0.2, 0) is 6.54 Å². The van der Waals surface area contributed by atoms with Crippen LogP contribution in [0.3, 0.4) is 0 Å². The smallest absolute Gasteiger partial charge is 0.191 e. The Kier molecular flexibility index (Phi) is 9.08. The number of nitrogens with one attached hydrogen (secondary N) is 2. The maximum absolute atomic E-state index is 8.95. The van der Waals surface area contributed by atoms with E-state index in [0.717, 1.165) is 24.1 Å². The highest BCUT2D eigenvalue weighted by atomic mass is 16.5. The first-order valence-corrected chi connectivity index (χ1v) is 11.4. The Balaban J connectivity index is 1.54. The normalized spacial score (nSPS) is 19.1. The average molecular weight is 419 g/mol. The van der Waals surface area contributed by atoms with Gasteiger partial charge in [0.2, 0.25) is 0 Å².